The van der Waals surface area contributed by atoms with E-state index in [9.17, 15) is 28.1 Å². The summed E-state index contributed by atoms with van der Waals surface area (Å²) in [4.78, 5) is 45.2. The Morgan fingerprint density at radius 2 is 1.52 bits per heavy atom. The summed E-state index contributed by atoms with van der Waals surface area (Å²) in [5, 5.41) is 13.2. The smallest absolute Gasteiger partial charge is 0.339 e. The van der Waals surface area contributed by atoms with Gasteiger partial charge in [0, 0.05) is 17.2 Å². The molecule has 13 heteroatoms. The molecule has 2 fully saturated rings. The van der Waals surface area contributed by atoms with Crippen LogP contribution in [0.5, 0.6) is 5.75 Å². The molecule has 2 heterocycles. The Morgan fingerprint density at radius 1 is 0.833 bits per heavy atom. The van der Waals surface area contributed by atoms with Gasteiger partial charge in [-0.3, -0.25) is 24.5 Å². The van der Waals surface area contributed by atoms with Crippen molar-refractivity contribution in [3.05, 3.63) is 124 Å². The number of nitro groups is 1. The van der Waals surface area contributed by atoms with E-state index < -0.39 is 44.9 Å². The van der Waals surface area contributed by atoms with E-state index in [2.05, 4.69) is 0 Å². The Balaban J connectivity index is 1.37. The Morgan fingerprint density at radius 3 is 2.19 bits per heavy atom. The largest absolute Gasteiger partial charge is 0.379 e. The second-order valence-corrected chi connectivity index (χ2v) is 11.5. The molecule has 0 bridgehead atoms. The number of carbonyl (C=O) groups excluding carboxylic acids is 2. The van der Waals surface area contributed by atoms with Crippen molar-refractivity contribution in [1.82, 2.24) is 0 Å². The third kappa shape index (κ3) is 4.85. The second kappa shape index (κ2) is 10.6. The summed E-state index contributed by atoms with van der Waals surface area (Å²) in [6.07, 6.45) is -1.22. The summed E-state index contributed by atoms with van der Waals surface area (Å²) in [7, 11) is -4.10. The molecule has 4 aromatic rings. The van der Waals surface area contributed by atoms with Crippen molar-refractivity contribution in [3.63, 3.8) is 0 Å². The first-order valence-electron chi connectivity index (χ1n) is 12.6. The SMILES string of the molecule is O=C1[C@@H]2[C@H](ON(c3cccc([N+](=O)[O-])c3)[C@@H]2c2ccc(OS(=O)(=O)c3ccccc3)cc2)C(=O)N1c1ccc(Cl)cc1. The molecule has 0 aliphatic carbocycles. The van der Waals surface area contributed by atoms with E-state index in [1.807, 2.05) is 0 Å². The van der Waals surface area contributed by atoms with E-state index in [4.69, 9.17) is 20.6 Å². The predicted octanol–water partition coefficient (Wildman–Crippen LogP) is 5.07. The maximum absolute atomic E-state index is 13.8. The van der Waals surface area contributed by atoms with Gasteiger partial charge in [0.1, 0.15) is 16.6 Å². The molecule has 6 rings (SSSR count). The van der Waals surface area contributed by atoms with Crippen molar-refractivity contribution in [2.24, 2.45) is 5.92 Å². The molecule has 0 aromatic heterocycles. The van der Waals surface area contributed by atoms with Crippen LogP contribution in [0.15, 0.2) is 108 Å². The average Bonchev–Trinajstić information content (AvgIpc) is 3.50. The topological polar surface area (TPSA) is 136 Å². The molecule has 3 atom stereocenters. The Hall–Kier alpha value is -4.78. The molecule has 0 N–H and O–H groups in total. The first-order valence-corrected chi connectivity index (χ1v) is 14.4. The highest BCUT2D eigenvalue weighted by molar-refractivity contribution is 7.87. The highest BCUT2D eigenvalue weighted by Crippen LogP contribution is 2.48. The number of nitro benzene ring substituents is 1. The molecule has 0 radical (unpaired) electrons. The van der Waals surface area contributed by atoms with Crippen LogP contribution in [0, 0.1) is 16.0 Å². The maximum Gasteiger partial charge on any atom is 0.339 e. The average molecular weight is 606 g/mol. The van der Waals surface area contributed by atoms with E-state index in [0.29, 0.717) is 16.3 Å². The van der Waals surface area contributed by atoms with Crippen LogP contribution in [-0.4, -0.2) is 31.3 Å². The minimum absolute atomic E-state index is 0.0182. The van der Waals surface area contributed by atoms with E-state index >= 15 is 0 Å². The lowest BCUT2D eigenvalue weighted by Gasteiger charge is -2.28. The third-order valence-corrected chi connectivity index (χ3v) is 8.47. The zero-order valence-electron chi connectivity index (χ0n) is 21.4. The molecule has 0 spiro atoms. The number of halogens is 1. The number of anilines is 2. The Labute approximate surface area is 244 Å². The van der Waals surface area contributed by atoms with Gasteiger partial charge < -0.3 is 4.18 Å². The number of carbonyl (C=O) groups is 2. The molecule has 42 heavy (non-hydrogen) atoms. The van der Waals surface area contributed by atoms with Gasteiger partial charge in [-0.1, -0.05) is 48.0 Å². The summed E-state index contributed by atoms with van der Waals surface area (Å²) in [5.41, 5.74) is 0.858. The molecular formula is C29H20ClN3O8S. The predicted molar refractivity (Wildman–Crippen MR) is 151 cm³/mol. The lowest BCUT2D eigenvalue weighted by atomic mass is 9.90. The van der Waals surface area contributed by atoms with E-state index in [0.717, 1.165) is 4.90 Å². The maximum atomic E-state index is 13.8. The number of benzene rings is 4. The van der Waals surface area contributed by atoms with E-state index in [1.165, 1.54) is 47.5 Å². The van der Waals surface area contributed by atoms with Gasteiger partial charge in [0.25, 0.3) is 11.6 Å². The lowest BCUT2D eigenvalue weighted by Crippen LogP contribution is -2.37. The van der Waals surface area contributed by atoms with Crippen LogP contribution in [0.2, 0.25) is 5.02 Å². The van der Waals surface area contributed by atoms with Crippen LogP contribution in [0.3, 0.4) is 0 Å². The Bertz CT molecular complexity index is 1800. The number of hydrogen-bond acceptors (Lipinski definition) is 9. The van der Waals surface area contributed by atoms with Gasteiger partial charge in [0.2, 0.25) is 5.91 Å². The van der Waals surface area contributed by atoms with E-state index in [1.54, 1.807) is 60.7 Å². The first-order chi connectivity index (χ1) is 20.1. The fourth-order valence-corrected chi connectivity index (χ4v) is 6.13. The molecule has 2 amide bonds. The summed E-state index contributed by atoms with van der Waals surface area (Å²) in [5.74, 6) is -2.12. The van der Waals surface area contributed by atoms with Crippen LogP contribution in [0.25, 0.3) is 0 Å². The fraction of sp³-hybridized carbons (Fsp3) is 0.103. The first kappa shape index (κ1) is 27.4. The number of hydrogen-bond donors (Lipinski definition) is 0. The number of rotatable bonds is 7. The van der Waals surface area contributed by atoms with Gasteiger partial charge in [-0.25, -0.2) is 9.96 Å². The Kier molecular flexibility index (Phi) is 6.89. The number of imide groups is 1. The molecule has 2 aliphatic rings. The van der Waals surface area contributed by atoms with Gasteiger partial charge in [0.15, 0.2) is 6.10 Å². The minimum Gasteiger partial charge on any atom is -0.379 e. The number of hydroxylamine groups is 1. The quantitative estimate of drug-likeness (QED) is 0.122. The molecule has 0 saturated carbocycles. The number of non-ortho nitro benzene ring substituents is 1. The molecule has 2 aliphatic heterocycles. The fourth-order valence-electron chi connectivity index (χ4n) is 5.05. The van der Waals surface area contributed by atoms with Crippen LogP contribution < -0.4 is 14.1 Å². The van der Waals surface area contributed by atoms with Gasteiger partial charge >= 0.3 is 10.1 Å². The van der Waals surface area contributed by atoms with Gasteiger partial charge in [0.05, 0.1) is 22.3 Å². The lowest BCUT2D eigenvalue weighted by molar-refractivity contribution is -0.384. The second-order valence-electron chi connectivity index (χ2n) is 9.51. The molecule has 4 aromatic carbocycles. The molecule has 11 nitrogen and oxygen atoms in total. The standard InChI is InChI=1S/C29H20ClN3O8S/c30-19-11-13-20(14-12-19)31-28(34)25-26(32(40-27(25)29(31)35)21-5-4-6-22(17-21)33(36)37)18-9-15-23(16-10-18)41-42(38,39)24-7-2-1-3-8-24/h1-17,25-27H/t25-,26+,27-/m0/s1. The summed E-state index contributed by atoms with van der Waals surface area (Å²) in [6.45, 7) is 0. The van der Waals surface area contributed by atoms with Crippen LogP contribution >= 0.6 is 11.6 Å². The monoisotopic (exact) mass is 605 g/mol. The highest BCUT2D eigenvalue weighted by Gasteiger charge is 2.60. The third-order valence-electron chi connectivity index (χ3n) is 6.95. The van der Waals surface area contributed by atoms with Gasteiger partial charge in [-0.15, -0.1) is 0 Å². The minimum atomic E-state index is -4.10. The van der Waals surface area contributed by atoms with Crippen LogP contribution in [0.4, 0.5) is 17.1 Å². The van der Waals surface area contributed by atoms with Crippen molar-refractivity contribution in [2.75, 3.05) is 9.96 Å². The van der Waals surface area contributed by atoms with Crippen molar-refractivity contribution in [1.29, 1.82) is 0 Å². The van der Waals surface area contributed by atoms with Crippen molar-refractivity contribution in [3.8, 4) is 5.75 Å². The molecular weight excluding hydrogens is 586 g/mol. The highest BCUT2D eigenvalue weighted by atomic mass is 35.5. The normalized spacial score (nSPS) is 20.1. The van der Waals surface area contributed by atoms with Gasteiger partial charge in [-0.2, -0.15) is 8.42 Å². The molecule has 0 unspecified atom stereocenters. The zero-order valence-corrected chi connectivity index (χ0v) is 23.0. The van der Waals surface area contributed by atoms with E-state index in [-0.39, 0.29) is 22.0 Å². The number of fused-ring (bicyclic) bond motifs is 1. The number of nitrogens with zero attached hydrogens (tertiary/aromatic N) is 3. The van der Waals surface area contributed by atoms with Crippen molar-refractivity contribution < 1.29 is 32.0 Å². The summed E-state index contributed by atoms with van der Waals surface area (Å²) < 4.78 is 30.7. The van der Waals surface area contributed by atoms with Gasteiger partial charge in [-0.05, 0) is 60.2 Å². The molecule has 212 valence electrons. The number of amides is 2. The van der Waals surface area contributed by atoms with Crippen LogP contribution in [-0.2, 0) is 24.5 Å². The summed E-state index contributed by atoms with van der Waals surface area (Å²) >= 11 is 5.98. The van der Waals surface area contributed by atoms with Crippen molar-refractivity contribution >= 4 is 50.6 Å². The molecule has 2 saturated heterocycles. The van der Waals surface area contributed by atoms with Crippen molar-refractivity contribution in [2.45, 2.75) is 17.0 Å². The van der Waals surface area contributed by atoms with Crippen LogP contribution in [0.1, 0.15) is 11.6 Å². The zero-order chi connectivity index (χ0) is 29.6. The summed E-state index contributed by atoms with van der Waals surface area (Å²) in [6, 6.07) is 24.5.